The van der Waals surface area contributed by atoms with Gasteiger partial charge >= 0.3 is 0 Å². The summed E-state index contributed by atoms with van der Waals surface area (Å²) in [7, 11) is 1.92. The molecule has 4 heteroatoms. The fraction of sp³-hybridized carbons (Fsp3) is 0.615. The van der Waals surface area contributed by atoms with E-state index in [0.29, 0.717) is 6.04 Å². The summed E-state index contributed by atoms with van der Waals surface area (Å²) in [4.78, 5) is 14.4. The van der Waals surface area contributed by atoms with Crippen molar-refractivity contribution in [3.63, 3.8) is 0 Å². The highest BCUT2D eigenvalue weighted by atomic mass is 16.2. The van der Waals surface area contributed by atoms with Gasteiger partial charge in [0.1, 0.15) is 5.69 Å². The maximum absolute atomic E-state index is 12.4. The van der Waals surface area contributed by atoms with Crippen LogP contribution in [-0.4, -0.2) is 41.1 Å². The van der Waals surface area contributed by atoms with Crippen LogP contribution in [0.2, 0.25) is 0 Å². The first-order valence-corrected chi connectivity index (χ1v) is 6.37. The lowest BCUT2D eigenvalue weighted by atomic mass is 10.1. The van der Waals surface area contributed by atoms with Crippen molar-refractivity contribution >= 4 is 5.91 Å². The number of nitrogens with one attached hydrogen (secondary N) is 1. The Labute approximate surface area is 103 Å². The third-order valence-corrected chi connectivity index (χ3v) is 3.48. The van der Waals surface area contributed by atoms with Crippen molar-refractivity contribution < 1.29 is 4.79 Å². The number of aryl methyl sites for hydroxylation is 1. The number of hydrogen-bond donors (Lipinski definition) is 1. The number of amides is 1. The Morgan fingerprint density at radius 1 is 1.65 bits per heavy atom. The molecule has 0 radical (unpaired) electrons. The third-order valence-electron chi connectivity index (χ3n) is 3.48. The summed E-state index contributed by atoms with van der Waals surface area (Å²) >= 11 is 0. The summed E-state index contributed by atoms with van der Waals surface area (Å²) < 4.78 is 1.89. The van der Waals surface area contributed by atoms with Crippen LogP contribution in [0.5, 0.6) is 0 Å². The van der Waals surface area contributed by atoms with Crippen LogP contribution < -0.4 is 5.32 Å². The first-order valence-electron chi connectivity index (χ1n) is 6.37. The van der Waals surface area contributed by atoms with E-state index in [1.807, 2.05) is 34.8 Å². The summed E-state index contributed by atoms with van der Waals surface area (Å²) in [5.74, 6) is 0.147. The molecule has 0 aromatic carbocycles. The van der Waals surface area contributed by atoms with Crippen LogP contribution >= 0.6 is 0 Å². The van der Waals surface area contributed by atoms with Crippen molar-refractivity contribution in [3.05, 3.63) is 24.0 Å². The van der Waals surface area contributed by atoms with Gasteiger partial charge in [-0.05, 0) is 38.4 Å². The molecular weight excluding hydrogens is 214 g/mol. The van der Waals surface area contributed by atoms with Gasteiger partial charge in [-0.15, -0.1) is 0 Å². The van der Waals surface area contributed by atoms with Gasteiger partial charge in [0.25, 0.3) is 5.91 Å². The number of carbonyl (C=O) groups is 1. The molecule has 1 aliphatic heterocycles. The topological polar surface area (TPSA) is 37.3 Å². The molecule has 4 nitrogen and oxygen atoms in total. The van der Waals surface area contributed by atoms with Gasteiger partial charge in [-0.25, -0.2) is 0 Å². The molecule has 1 N–H and O–H groups in total. The molecule has 2 rings (SSSR count). The maximum atomic E-state index is 12.4. The number of nitrogens with zero attached hydrogens (tertiary/aromatic N) is 2. The average Bonchev–Trinajstić information content (AvgIpc) is 2.77. The summed E-state index contributed by atoms with van der Waals surface area (Å²) in [5, 5.41) is 3.36. The Hall–Kier alpha value is -1.29. The quantitative estimate of drug-likeness (QED) is 0.856. The smallest absolute Gasteiger partial charge is 0.270 e. The fourth-order valence-electron chi connectivity index (χ4n) is 2.50. The molecule has 1 amide bonds. The molecule has 1 atom stereocenters. The Morgan fingerprint density at radius 3 is 3.00 bits per heavy atom. The van der Waals surface area contributed by atoms with E-state index in [9.17, 15) is 4.79 Å². The minimum absolute atomic E-state index is 0.147. The Bertz CT molecular complexity index is 380. The molecule has 1 unspecified atom stereocenters. The number of aromatic nitrogens is 1. The average molecular weight is 235 g/mol. The molecule has 2 heterocycles. The van der Waals surface area contributed by atoms with Crippen molar-refractivity contribution in [1.82, 2.24) is 14.8 Å². The number of carbonyl (C=O) groups excluding carboxylic acids is 1. The van der Waals surface area contributed by atoms with Crippen LogP contribution in [0.4, 0.5) is 0 Å². The Balaban J connectivity index is 2.12. The number of rotatable bonds is 3. The highest BCUT2D eigenvalue weighted by molar-refractivity contribution is 5.93. The summed E-state index contributed by atoms with van der Waals surface area (Å²) in [5.41, 5.74) is 0.775. The highest BCUT2D eigenvalue weighted by Gasteiger charge is 2.25. The lowest BCUT2D eigenvalue weighted by molar-refractivity contribution is 0.0652. The maximum Gasteiger partial charge on any atom is 0.270 e. The molecule has 0 aliphatic carbocycles. The van der Waals surface area contributed by atoms with Crippen LogP contribution in [0.1, 0.15) is 30.3 Å². The predicted molar refractivity (Wildman–Crippen MR) is 68.0 cm³/mol. The van der Waals surface area contributed by atoms with E-state index in [1.54, 1.807) is 0 Å². The molecular formula is C13H21N3O. The standard InChI is InChI=1S/C13H21N3O/c1-3-16(11-6-4-8-14-10-11)13(17)12-7-5-9-15(12)2/h5,7,9,11,14H,3-4,6,8,10H2,1-2H3. The molecule has 0 spiro atoms. The molecule has 94 valence electrons. The van der Waals surface area contributed by atoms with Gasteiger partial charge in [0, 0.05) is 32.4 Å². The molecule has 0 bridgehead atoms. The zero-order chi connectivity index (χ0) is 12.3. The van der Waals surface area contributed by atoms with Crippen LogP contribution in [0.15, 0.2) is 18.3 Å². The monoisotopic (exact) mass is 235 g/mol. The molecule has 1 aromatic heterocycles. The van der Waals surface area contributed by atoms with Crippen LogP contribution in [-0.2, 0) is 7.05 Å². The number of likely N-dealkylation sites (N-methyl/N-ethyl adjacent to an activating group) is 1. The predicted octanol–water partition coefficient (Wildman–Crippen LogP) is 1.24. The summed E-state index contributed by atoms with van der Waals surface area (Å²) in [6, 6.07) is 4.15. The van der Waals surface area contributed by atoms with Gasteiger partial charge < -0.3 is 14.8 Å². The second kappa shape index (κ2) is 5.36. The normalized spacial score (nSPS) is 20.2. The molecule has 17 heavy (non-hydrogen) atoms. The second-order valence-electron chi connectivity index (χ2n) is 4.60. The van der Waals surface area contributed by atoms with Crippen molar-refractivity contribution in [1.29, 1.82) is 0 Å². The minimum atomic E-state index is 0.147. The highest BCUT2D eigenvalue weighted by Crippen LogP contribution is 2.14. The lowest BCUT2D eigenvalue weighted by Crippen LogP contribution is -2.48. The first kappa shape index (κ1) is 12.2. The van der Waals surface area contributed by atoms with Gasteiger partial charge in [-0.2, -0.15) is 0 Å². The number of piperidine rings is 1. The number of hydrogen-bond acceptors (Lipinski definition) is 2. The first-order chi connectivity index (χ1) is 8.24. The van der Waals surface area contributed by atoms with Crippen molar-refractivity contribution in [2.24, 2.45) is 7.05 Å². The molecule has 1 saturated heterocycles. The van der Waals surface area contributed by atoms with Crippen molar-refractivity contribution in [2.75, 3.05) is 19.6 Å². The van der Waals surface area contributed by atoms with E-state index < -0.39 is 0 Å². The largest absolute Gasteiger partial charge is 0.347 e. The van der Waals surface area contributed by atoms with Crippen LogP contribution in [0.3, 0.4) is 0 Å². The fourth-order valence-corrected chi connectivity index (χ4v) is 2.50. The van der Waals surface area contributed by atoms with E-state index in [1.165, 1.54) is 0 Å². The van der Waals surface area contributed by atoms with E-state index in [0.717, 1.165) is 38.2 Å². The van der Waals surface area contributed by atoms with Crippen LogP contribution in [0, 0.1) is 0 Å². The zero-order valence-electron chi connectivity index (χ0n) is 10.6. The van der Waals surface area contributed by atoms with E-state index >= 15 is 0 Å². The van der Waals surface area contributed by atoms with Gasteiger partial charge in [0.2, 0.25) is 0 Å². The Kier molecular flexibility index (Phi) is 3.84. The zero-order valence-corrected chi connectivity index (χ0v) is 10.6. The summed E-state index contributed by atoms with van der Waals surface area (Å²) in [6.07, 6.45) is 4.18. The van der Waals surface area contributed by atoms with E-state index in [-0.39, 0.29) is 5.91 Å². The van der Waals surface area contributed by atoms with Crippen molar-refractivity contribution in [2.45, 2.75) is 25.8 Å². The van der Waals surface area contributed by atoms with Gasteiger partial charge in [0.15, 0.2) is 0 Å². The van der Waals surface area contributed by atoms with E-state index in [2.05, 4.69) is 12.2 Å². The third kappa shape index (κ3) is 2.52. The minimum Gasteiger partial charge on any atom is -0.347 e. The van der Waals surface area contributed by atoms with Crippen LogP contribution in [0.25, 0.3) is 0 Å². The molecule has 1 aromatic rings. The van der Waals surface area contributed by atoms with Gasteiger partial charge in [-0.1, -0.05) is 0 Å². The lowest BCUT2D eigenvalue weighted by Gasteiger charge is -2.34. The van der Waals surface area contributed by atoms with Gasteiger partial charge in [0.05, 0.1) is 0 Å². The van der Waals surface area contributed by atoms with Gasteiger partial charge in [-0.3, -0.25) is 4.79 Å². The molecule has 1 aliphatic rings. The van der Waals surface area contributed by atoms with E-state index in [4.69, 9.17) is 0 Å². The SMILES string of the molecule is CCN(C(=O)c1cccn1C)C1CCCNC1. The Morgan fingerprint density at radius 2 is 2.47 bits per heavy atom. The molecule has 0 saturated carbocycles. The molecule has 1 fully saturated rings. The second-order valence-corrected chi connectivity index (χ2v) is 4.60. The summed E-state index contributed by atoms with van der Waals surface area (Å²) in [6.45, 7) is 4.82. The van der Waals surface area contributed by atoms with Crippen molar-refractivity contribution in [3.8, 4) is 0 Å².